The predicted molar refractivity (Wildman–Crippen MR) is 139 cm³/mol. The molecule has 2 amide bonds. The molecule has 0 saturated carbocycles. The smallest absolute Gasteiger partial charge is 0.255 e. The number of carbonyl (C=O) groups excluding carboxylic acids is 2. The van der Waals surface area contributed by atoms with Crippen molar-refractivity contribution in [1.29, 1.82) is 0 Å². The lowest BCUT2D eigenvalue weighted by atomic mass is 9.87. The minimum Gasteiger partial charge on any atom is -0.493 e. The van der Waals surface area contributed by atoms with Crippen LogP contribution >= 0.6 is 0 Å². The number of hydrogen-bond donors (Lipinski definition) is 2. The summed E-state index contributed by atoms with van der Waals surface area (Å²) in [6.07, 6.45) is 1.48. The van der Waals surface area contributed by atoms with Crippen LogP contribution in [0.15, 0.2) is 66.7 Å². The summed E-state index contributed by atoms with van der Waals surface area (Å²) in [6.45, 7) is 10.4. The Morgan fingerprint density at radius 1 is 0.824 bits per heavy atom. The number of aryl methyl sites for hydroxylation is 3. The third-order valence-electron chi connectivity index (χ3n) is 5.95. The lowest BCUT2D eigenvalue weighted by Gasteiger charge is -2.24. The van der Waals surface area contributed by atoms with Gasteiger partial charge in [-0.2, -0.15) is 0 Å². The average molecular weight is 459 g/mol. The number of amides is 2. The van der Waals surface area contributed by atoms with Crippen molar-refractivity contribution in [3.63, 3.8) is 0 Å². The van der Waals surface area contributed by atoms with E-state index in [1.54, 1.807) is 30.3 Å². The van der Waals surface area contributed by atoms with E-state index < -0.39 is 5.41 Å². The highest BCUT2D eigenvalue weighted by atomic mass is 16.5. The van der Waals surface area contributed by atoms with Crippen molar-refractivity contribution in [2.45, 2.75) is 47.5 Å². The summed E-state index contributed by atoms with van der Waals surface area (Å²) in [5.74, 6) is 0.701. The molecule has 0 aliphatic rings. The van der Waals surface area contributed by atoms with E-state index in [-0.39, 0.29) is 11.8 Å². The van der Waals surface area contributed by atoms with E-state index in [2.05, 4.69) is 22.8 Å². The molecule has 0 atom stereocenters. The molecule has 0 unspecified atom stereocenters. The Balaban J connectivity index is 1.49. The van der Waals surface area contributed by atoms with E-state index >= 15 is 0 Å². The van der Waals surface area contributed by atoms with Gasteiger partial charge in [0, 0.05) is 22.4 Å². The molecule has 5 heteroatoms. The molecule has 2 N–H and O–H groups in total. The summed E-state index contributed by atoms with van der Waals surface area (Å²) in [5.41, 5.74) is 4.67. The fourth-order valence-electron chi connectivity index (χ4n) is 3.64. The van der Waals surface area contributed by atoms with Crippen LogP contribution in [0.25, 0.3) is 0 Å². The molecular formula is C29H34N2O3. The number of anilines is 2. The quantitative estimate of drug-likeness (QED) is 0.351. The standard InChI is InChI=1S/C29H34N2O3/c1-20-11-12-22(3)26(19-20)34-18-8-17-29(4,5)28(33)31-24-15-13-23(14-16-24)30-27(32)25-10-7-6-9-21(25)2/h6-7,9-16,19H,8,17-18H2,1-5H3,(H,30,32)(H,31,33). The Labute approximate surface area is 202 Å². The van der Waals surface area contributed by atoms with E-state index in [0.29, 0.717) is 30.0 Å². The first kappa shape index (κ1) is 25.0. The molecule has 3 rings (SSSR count). The molecule has 0 heterocycles. The molecule has 0 bridgehead atoms. The number of nitrogens with one attached hydrogen (secondary N) is 2. The van der Waals surface area contributed by atoms with Crippen molar-refractivity contribution in [3.8, 4) is 5.75 Å². The van der Waals surface area contributed by atoms with Gasteiger partial charge in [0.25, 0.3) is 5.91 Å². The first-order chi connectivity index (χ1) is 16.2. The van der Waals surface area contributed by atoms with E-state index in [1.165, 1.54) is 5.56 Å². The van der Waals surface area contributed by atoms with E-state index in [0.717, 1.165) is 23.3 Å². The molecule has 178 valence electrons. The Hall–Kier alpha value is -3.60. The van der Waals surface area contributed by atoms with Gasteiger partial charge in [-0.05, 0) is 86.7 Å². The van der Waals surface area contributed by atoms with E-state index in [9.17, 15) is 9.59 Å². The highest BCUT2D eigenvalue weighted by Crippen LogP contribution is 2.26. The molecule has 0 aliphatic heterocycles. The van der Waals surface area contributed by atoms with Gasteiger partial charge in [0.05, 0.1) is 6.61 Å². The van der Waals surface area contributed by atoms with Crippen molar-refractivity contribution in [3.05, 3.63) is 89.0 Å². The second-order valence-corrected chi connectivity index (χ2v) is 9.41. The molecule has 3 aromatic carbocycles. The number of hydrogen-bond acceptors (Lipinski definition) is 3. The summed E-state index contributed by atoms with van der Waals surface area (Å²) in [5, 5.41) is 5.89. The topological polar surface area (TPSA) is 67.4 Å². The van der Waals surface area contributed by atoms with Crippen LogP contribution in [0.5, 0.6) is 5.75 Å². The number of ether oxygens (including phenoxy) is 1. The Morgan fingerprint density at radius 3 is 2.15 bits per heavy atom. The zero-order chi connectivity index (χ0) is 24.7. The summed E-state index contributed by atoms with van der Waals surface area (Å²) < 4.78 is 5.93. The fourth-order valence-corrected chi connectivity index (χ4v) is 3.64. The Morgan fingerprint density at radius 2 is 1.47 bits per heavy atom. The van der Waals surface area contributed by atoms with Crippen LogP contribution in [0.1, 0.15) is 53.7 Å². The lowest BCUT2D eigenvalue weighted by Crippen LogP contribution is -2.31. The van der Waals surface area contributed by atoms with Crippen molar-refractivity contribution in [1.82, 2.24) is 0 Å². The van der Waals surface area contributed by atoms with Gasteiger partial charge in [0.2, 0.25) is 5.91 Å². The second kappa shape index (κ2) is 11.0. The van der Waals surface area contributed by atoms with E-state index in [1.807, 2.05) is 58.9 Å². The van der Waals surface area contributed by atoms with Crippen LogP contribution in [0.2, 0.25) is 0 Å². The zero-order valence-electron chi connectivity index (χ0n) is 20.7. The number of carbonyl (C=O) groups is 2. The highest BCUT2D eigenvalue weighted by molar-refractivity contribution is 6.05. The van der Waals surface area contributed by atoms with Gasteiger partial charge in [-0.1, -0.05) is 44.2 Å². The maximum atomic E-state index is 12.9. The van der Waals surface area contributed by atoms with Gasteiger partial charge in [-0.15, -0.1) is 0 Å². The van der Waals surface area contributed by atoms with Crippen LogP contribution in [-0.4, -0.2) is 18.4 Å². The Bertz CT molecular complexity index is 1150. The monoisotopic (exact) mass is 458 g/mol. The Kier molecular flexibility index (Phi) is 8.11. The van der Waals surface area contributed by atoms with Gasteiger partial charge >= 0.3 is 0 Å². The first-order valence-corrected chi connectivity index (χ1v) is 11.6. The maximum absolute atomic E-state index is 12.9. The molecule has 0 fully saturated rings. The van der Waals surface area contributed by atoms with Gasteiger partial charge in [-0.3, -0.25) is 9.59 Å². The molecule has 3 aromatic rings. The van der Waals surface area contributed by atoms with E-state index in [4.69, 9.17) is 4.74 Å². The molecule has 0 aromatic heterocycles. The van der Waals surface area contributed by atoms with Crippen molar-refractivity contribution < 1.29 is 14.3 Å². The third kappa shape index (κ3) is 6.70. The third-order valence-corrected chi connectivity index (χ3v) is 5.95. The first-order valence-electron chi connectivity index (χ1n) is 11.6. The fraction of sp³-hybridized carbons (Fsp3) is 0.310. The molecule has 0 radical (unpaired) electrons. The largest absolute Gasteiger partial charge is 0.493 e. The SMILES string of the molecule is Cc1ccc(C)c(OCCCC(C)(C)C(=O)Nc2ccc(NC(=O)c3ccccc3C)cc2)c1. The van der Waals surface area contributed by atoms with Gasteiger partial charge < -0.3 is 15.4 Å². The number of rotatable bonds is 9. The molecular weight excluding hydrogens is 424 g/mol. The van der Waals surface area contributed by atoms with Crippen LogP contribution in [0, 0.1) is 26.2 Å². The maximum Gasteiger partial charge on any atom is 0.255 e. The van der Waals surface area contributed by atoms with Gasteiger partial charge in [-0.25, -0.2) is 0 Å². The minimum atomic E-state index is -0.539. The molecule has 34 heavy (non-hydrogen) atoms. The summed E-state index contributed by atoms with van der Waals surface area (Å²) >= 11 is 0. The normalized spacial score (nSPS) is 11.1. The van der Waals surface area contributed by atoms with Crippen LogP contribution in [-0.2, 0) is 4.79 Å². The van der Waals surface area contributed by atoms with Crippen molar-refractivity contribution >= 4 is 23.2 Å². The summed E-state index contributed by atoms with van der Waals surface area (Å²) in [4.78, 5) is 25.3. The second-order valence-electron chi connectivity index (χ2n) is 9.41. The summed E-state index contributed by atoms with van der Waals surface area (Å²) in [6, 6.07) is 20.8. The summed E-state index contributed by atoms with van der Waals surface area (Å²) in [7, 11) is 0. The molecule has 0 saturated heterocycles. The van der Waals surface area contributed by atoms with Crippen LogP contribution in [0.3, 0.4) is 0 Å². The average Bonchev–Trinajstić information content (AvgIpc) is 2.80. The van der Waals surface area contributed by atoms with Crippen LogP contribution < -0.4 is 15.4 Å². The number of benzene rings is 3. The van der Waals surface area contributed by atoms with Crippen LogP contribution in [0.4, 0.5) is 11.4 Å². The van der Waals surface area contributed by atoms with Gasteiger partial charge in [0.1, 0.15) is 5.75 Å². The molecule has 5 nitrogen and oxygen atoms in total. The molecule has 0 spiro atoms. The van der Waals surface area contributed by atoms with Gasteiger partial charge in [0.15, 0.2) is 0 Å². The molecule has 0 aliphatic carbocycles. The highest BCUT2D eigenvalue weighted by Gasteiger charge is 2.27. The lowest BCUT2D eigenvalue weighted by molar-refractivity contribution is -0.124. The minimum absolute atomic E-state index is 0.0454. The van der Waals surface area contributed by atoms with Crippen molar-refractivity contribution in [2.24, 2.45) is 5.41 Å². The zero-order valence-corrected chi connectivity index (χ0v) is 20.7. The predicted octanol–water partition coefficient (Wildman–Crippen LogP) is 6.69. The van der Waals surface area contributed by atoms with Crippen molar-refractivity contribution in [2.75, 3.05) is 17.2 Å².